The number of Topliss-reactive ketones (excluding diaryl/α,β-unsaturated/α-hetero) is 1. The quantitative estimate of drug-likeness (QED) is 0.443. The van der Waals surface area contributed by atoms with Gasteiger partial charge in [0.1, 0.15) is 17.1 Å². The molecule has 1 amide bonds. The van der Waals surface area contributed by atoms with Crippen LogP contribution < -0.4 is 20.0 Å². The van der Waals surface area contributed by atoms with Crippen LogP contribution in [-0.4, -0.2) is 71.7 Å². The highest BCUT2D eigenvalue weighted by Crippen LogP contribution is 2.46. The molecule has 0 spiro atoms. The van der Waals surface area contributed by atoms with E-state index in [1.807, 2.05) is 4.90 Å². The fourth-order valence-corrected chi connectivity index (χ4v) is 6.95. The molecule has 3 aliphatic heterocycles. The summed E-state index contributed by atoms with van der Waals surface area (Å²) in [5.41, 5.74) is -0.149. The number of ketones is 1. The van der Waals surface area contributed by atoms with Crippen molar-refractivity contribution >= 4 is 39.9 Å². The first-order valence-electron chi connectivity index (χ1n) is 14.0. The monoisotopic (exact) mass is 578 g/mol. The molecule has 1 aromatic heterocycles. The Kier molecular flexibility index (Phi) is 6.08. The van der Waals surface area contributed by atoms with Gasteiger partial charge in [0.05, 0.1) is 35.9 Å². The molecule has 4 heterocycles. The van der Waals surface area contributed by atoms with Crippen molar-refractivity contribution in [3.8, 4) is 5.75 Å². The number of nitrogens with zero attached hydrogens (tertiary/aromatic N) is 4. The van der Waals surface area contributed by atoms with E-state index in [2.05, 4.69) is 4.90 Å². The average Bonchev–Trinajstić information content (AvgIpc) is 3.68. The standard InChI is InChI=1S/C30H28F2N4O6/c1-42-28-24-19(26(37)20(30(40)41)12-35(24)17-5-6-17)10-21(32)25(28)34-11-15-3-2-8-33(23(15)13-34)14-36-22-7-4-16(31)9-18(22)27(38)29(36)39/h4,7,9-10,12,15,17,23H,2-3,5-6,8,11,13-14H2,1H3,(H,40,41)/t15-,23+/m0/s1. The number of carbonyl (C=O) groups is 3. The zero-order valence-electron chi connectivity index (χ0n) is 22.8. The fourth-order valence-electron chi connectivity index (χ4n) is 6.95. The lowest BCUT2D eigenvalue weighted by Crippen LogP contribution is -2.51. The molecule has 0 radical (unpaired) electrons. The van der Waals surface area contributed by atoms with Gasteiger partial charge in [-0.15, -0.1) is 0 Å². The molecule has 3 fully saturated rings. The van der Waals surface area contributed by atoms with E-state index in [0.717, 1.165) is 37.8 Å². The number of carboxylic acids is 1. The third-order valence-electron chi connectivity index (χ3n) is 9.04. The summed E-state index contributed by atoms with van der Waals surface area (Å²) in [7, 11) is 1.41. The second-order valence-electron chi connectivity index (χ2n) is 11.5. The SMILES string of the molecule is COc1c(N2C[C@@H]3CCCN(CN4C(=O)C(=O)c5cc(F)ccc54)[C@@H]3C2)c(F)cc2c(=O)c(C(=O)O)cn(C3CC3)c12. The van der Waals surface area contributed by atoms with Gasteiger partial charge in [-0.25, -0.2) is 13.6 Å². The molecular weight excluding hydrogens is 550 g/mol. The van der Waals surface area contributed by atoms with Crippen molar-refractivity contribution < 1.29 is 33.0 Å². The number of halogens is 2. The van der Waals surface area contributed by atoms with Gasteiger partial charge in [-0.2, -0.15) is 0 Å². The molecule has 12 heteroatoms. The number of pyridine rings is 1. The largest absolute Gasteiger partial charge is 0.492 e. The minimum Gasteiger partial charge on any atom is -0.492 e. The molecule has 3 aromatic rings. The summed E-state index contributed by atoms with van der Waals surface area (Å²) in [5.74, 6) is -3.74. The number of aromatic carboxylic acids is 1. The van der Waals surface area contributed by atoms with Gasteiger partial charge in [0.2, 0.25) is 5.43 Å². The first kappa shape index (κ1) is 26.6. The molecule has 4 aliphatic rings. The highest BCUT2D eigenvalue weighted by molar-refractivity contribution is 6.52. The van der Waals surface area contributed by atoms with Crippen LogP contribution in [0.3, 0.4) is 0 Å². The molecule has 1 aliphatic carbocycles. The van der Waals surface area contributed by atoms with Crippen LogP contribution in [0.15, 0.2) is 35.3 Å². The number of ether oxygens (including phenoxy) is 1. The van der Waals surface area contributed by atoms with E-state index in [1.165, 1.54) is 30.3 Å². The average molecular weight is 579 g/mol. The Balaban J connectivity index is 1.25. The Hall–Kier alpha value is -4.32. The molecule has 0 bridgehead atoms. The van der Waals surface area contributed by atoms with Crippen molar-refractivity contribution in [3.05, 3.63) is 63.4 Å². The predicted octanol–water partition coefficient (Wildman–Crippen LogP) is 3.41. The number of carbonyl (C=O) groups excluding carboxylic acids is 2. The molecule has 1 saturated carbocycles. The summed E-state index contributed by atoms with van der Waals surface area (Å²) in [6.07, 6.45) is 4.68. The molecule has 2 saturated heterocycles. The number of hydrogen-bond donors (Lipinski definition) is 1. The van der Waals surface area contributed by atoms with E-state index in [0.29, 0.717) is 30.8 Å². The van der Waals surface area contributed by atoms with E-state index in [9.17, 15) is 28.7 Å². The van der Waals surface area contributed by atoms with Crippen LogP contribution in [0.2, 0.25) is 0 Å². The lowest BCUT2D eigenvalue weighted by atomic mass is 9.92. The molecule has 2 aromatic carbocycles. The maximum absolute atomic E-state index is 15.9. The highest BCUT2D eigenvalue weighted by Gasteiger charge is 2.44. The smallest absolute Gasteiger partial charge is 0.341 e. The molecule has 0 unspecified atom stereocenters. The molecule has 42 heavy (non-hydrogen) atoms. The third kappa shape index (κ3) is 3.99. The number of likely N-dealkylation sites (tertiary alicyclic amines) is 1. The number of benzene rings is 2. The number of anilines is 2. The first-order valence-corrected chi connectivity index (χ1v) is 14.0. The molecule has 1 N–H and O–H groups in total. The number of piperidine rings is 1. The van der Waals surface area contributed by atoms with Crippen molar-refractivity contribution in [2.24, 2.45) is 5.92 Å². The van der Waals surface area contributed by atoms with Crippen molar-refractivity contribution in [1.82, 2.24) is 9.47 Å². The normalized spacial score (nSPS) is 22.2. The summed E-state index contributed by atoms with van der Waals surface area (Å²) in [5, 5.41) is 9.57. The fraction of sp³-hybridized carbons (Fsp3) is 0.400. The van der Waals surface area contributed by atoms with Gasteiger partial charge < -0.3 is 19.3 Å². The van der Waals surface area contributed by atoms with Crippen molar-refractivity contribution in [3.63, 3.8) is 0 Å². The van der Waals surface area contributed by atoms with Crippen molar-refractivity contribution in [2.45, 2.75) is 37.8 Å². The molecule has 10 nitrogen and oxygen atoms in total. The number of fused-ring (bicyclic) bond motifs is 3. The number of aromatic nitrogens is 1. The zero-order valence-corrected chi connectivity index (χ0v) is 22.8. The van der Waals surface area contributed by atoms with Crippen LogP contribution in [0.5, 0.6) is 5.75 Å². The first-order chi connectivity index (χ1) is 20.2. The van der Waals surface area contributed by atoms with Gasteiger partial charge in [0.15, 0.2) is 11.6 Å². The molecule has 2 atom stereocenters. The van der Waals surface area contributed by atoms with Crippen LogP contribution in [0.4, 0.5) is 20.2 Å². The second kappa shape index (κ2) is 9.62. The Labute approximate surface area is 238 Å². The number of hydrogen-bond acceptors (Lipinski definition) is 7. The maximum atomic E-state index is 15.9. The third-order valence-corrected chi connectivity index (χ3v) is 9.04. The van der Waals surface area contributed by atoms with Gasteiger partial charge in [-0.05, 0) is 55.9 Å². The van der Waals surface area contributed by atoms with Crippen LogP contribution in [0.1, 0.15) is 52.4 Å². The van der Waals surface area contributed by atoms with Gasteiger partial charge >= 0.3 is 11.9 Å². The van der Waals surface area contributed by atoms with Crippen LogP contribution in [0, 0.1) is 17.6 Å². The summed E-state index contributed by atoms with van der Waals surface area (Å²) < 4.78 is 37.2. The summed E-state index contributed by atoms with van der Waals surface area (Å²) in [6, 6.07) is 4.80. The number of methoxy groups -OCH3 is 1. The Morgan fingerprint density at radius 1 is 1.10 bits per heavy atom. The van der Waals surface area contributed by atoms with E-state index < -0.39 is 40.3 Å². The summed E-state index contributed by atoms with van der Waals surface area (Å²) in [4.78, 5) is 55.6. The van der Waals surface area contributed by atoms with Crippen molar-refractivity contribution in [2.75, 3.05) is 43.2 Å². The minimum atomic E-state index is -1.37. The van der Waals surface area contributed by atoms with E-state index >= 15 is 4.39 Å². The zero-order chi connectivity index (χ0) is 29.4. The second-order valence-corrected chi connectivity index (χ2v) is 11.5. The van der Waals surface area contributed by atoms with Crippen LogP contribution in [-0.2, 0) is 4.79 Å². The predicted molar refractivity (Wildman–Crippen MR) is 148 cm³/mol. The minimum absolute atomic E-state index is 0.00729. The number of rotatable bonds is 6. The molecule has 7 rings (SSSR count). The summed E-state index contributed by atoms with van der Waals surface area (Å²) in [6.45, 7) is 1.74. The van der Waals surface area contributed by atoms with Crippen molar-refractivity contribution in [1.29, 1.82) is 0 Å². The lowest BCUT2D eigenvalue weighted by Gasteiger charge is -2.38. The van der Waals surface area contributed by atoms with Gasteiger partial charge in [-0.3, -0.25) is 24.2 Å². The molecular formula is C30H28F2N4O6. The molecule has 218 valence electrons. The van der Waals surface area contributed by atoms with E-state index in [1.54, 1.807) is 4.57 Å². The van der Waals surface area contributed by atoms with E-state index in [4.69, 9.17) is 4.74 Å². The summed E-state index contributed by atoms with van der Waals surface area (Å²) >= 11 is 0. The number of amides is 1. The topological polar surface area (TPSA) is 112 Å². The Bertz CT molecular complexity index is 1750. The van der Waals surface area contributed by atoms with Crippen LogP contribution >= 0.6 is 0 Å². The maximum Gasteiger partial charge on any atom is 0.341 e. The number of carboxylic acid groups (broad SMARTS) is 1. The Morgan fingerprint density at radius 2 is 1.88 bits per heavy atom. The van der Waals surface area contributed by atoms with E-state index in [-0.39, 0.29) is 47.1 Å². The Morgan fingerprint density at radius 3 is 2.60 bits per heavy atom. The van der Waals surface area contributed by atoms with Gasteiger partial charge in [0, 0.05) is 37.9 Å². The van der Waals surface area contributed by atoms with Crippen LogP contribution in [0.25, 0.3) is 10.9 Å². The van der Waals surface area contributed by atoms with Gasteiger partial charge in [0.25, 0.3) is 5.78 Å². The van der Waals surface area contributed by atoms with Gasteiger partial charge in [-0.1, -0.05) is 0 Å². The lowest BCUT2D eigenvalue weighted by molar-refractivity contribution is -0.114. The highest BCUT2D eigenvalue weighted by atomic mass is 19.1.